The number of likely N-dealkylation sites (tertiary alicyclic amines) is 1. The van der Waals surface area contributed by atoms with Crippen LogP contribution in [0.2, 0.25) is 0 Å². The molecule has 2 amide bonds. The zero-order chi connectivity index (χ0) is 17.6. The number of carbonyl (C=O) groups is 1. The summed E-state index contributed by atoms with van der Waals surface area (Å²) >= 11 is 0. The van der Waals surface area contributed by atoms with Gasteiger partial charge in [-0.1, -0.05) is 11.2 Å². The van der Waals surface area contributed by atoms with Gasteiger partial charge in [-0.2, -0.15) is 0 Å². The molecule has 0 saturated carbocycles. The van der Waals surface area contributed by atoms with Gasteiger partial charge in [-0.25, -0.2) is 4.79 Å². The van der Waals surface area contributed by atoms with E-state index in [4.69, 9.17) is 4.52 Å². The van der Waals surface area contributed by atoms with Gasteiger partial charge in [0, 0.05) is 37.4 Å². The van der Waals surface area contributed by atoms with E-state index >= 15 is 0 Å². The average Bonchev–Trinajstić information content (AvgIpc) is 2.87. The molecule has 1 N–H and O–H groups in total. The predicted molar refractivity (Wildman–Crippen MR) is 95.2 cm³/mol. The molecule has 1 aliphatic heterocycles. The van der Waals surface area contributed by atoms with Crippen LogP contribution in [0.5, 0.6) is 0 Å². The molecule has 3 rings (SSSR count). The molecule has 2 aromatic heterocycles. The first-order chi connectivity index (χ1) is 12.1. The molecular weight excluding hydrogens is 318 g/mol. The second kappa shape index (κ2) is 8.11. The van der Waals surface area contributed by atoms with Gasteiger partial charge >= 0.3 is 6.03 Å². The number of aromatic nitrogens is 2. The second-order valence-corrected chi connectivity index (χ2v) is 6.58. The van der Waals surface area contributed by atoms with E-state index < -0.39 is 0 Å². The lowest BCUT2D eigenvalue weighted by atomic mass is 10.1. The number of rotatable bonds is 4. The van der Waals surface area contributed by atoms with Crippen LogP contribution in [0, 0.1) is 6.92 Å². The normalized spacial score (nSPS) is 18.2. The molecule has 1 fully saturated rings. The van der Waals surface area contributed by atoms with Crippen molar-refractivity contribution in [2.75, 3.05) is 25.5 Å². The summed E-state index contributed by atoms with van der Waals surface area (Å²) in [6.07, 6.45) is 6.38. The fourth-order valence-corrected chi connectivity index (χ4v) is 3.19. The average molecular weight is 343 g/mol. The molecule has 0 unspecified atom stereocenters. The summed E-state index contributed by atoms with van der Waals surface area (Å²) in [5, 5.41) is 6.65. The molecule has 0 radical (unpaired) electrons. The number of hydrogen-bond acceptors (Lipinski definition) is 5. The number of nitrogens with zero attached hydrogens (tertiary/aromatic N) is 4. The molecule has 0 bridgehead atoms. The van der Waals surface area contributed by atoms with Crippen LogP contribution < -0.4 is 5.32 Å². The van der Waals surface area contributed by atoms with Crippen molar-refractivity contribution in [2.45, 2.75) is 38.8 Å². The molecule has 0 aliphatic carbocycles. The minimum Gasteiger partial charge on any atom is -0.362 e. The van der Waals surface area contributed by atoms with Crippen LogP contribution in [0.1, 0.15) is 30.5 Å². The first-order valence-corrected chi connectivity index (χ1v) is 8.70. The van der Waals surface area contributed by atoms with Gasteiger partial charge in [0.25, 0.3) is 0 Å². The maximum absolute atomic E-state index is 12.4. The van der Waals surface area contributed by atoms with E-state index in [0.717, 1.165) is 50.2 Å². The highest BCUT2D eigenvalue weighted by atomic mass is 16.5. The summed E-state index contributed by atoms with van der Waals surface area (Å²) in [6, 6.07) is 6.34. The first kappa shape index (κ1) is 17.4. The Morgan fingerprint density at radius 2 is 2.28 bits per heavy atom. The third kappa shape index (κ3) is 4.57. The van der Waals surface area contributed by atoms with Gasteiger partial charge in [-0.15, -0.1) is 0 Å². The summed E-state index contributed by atoms with van der Waals surface area (Å²) in [4.78, 5) is 21.0. The van der Waals surface area contributed by atoms with Gasteiger partial charge < -0.3 is 9.42 Å². The van der Waals surface area contributed by atoms with Crippen LogP contribution in [0.25, 0.3) is 0 Å². The van der Waals surface area contributed by atoms with E-state index in [2.05, 4.69) is 27.4 Å². The lowest BCUT2D eigenvalue weighted by Crippen LogP contribution is -2.37. The largest absolute Gasteiger partial charge is 0.362 e. The van der Waals surface area contributed by atoms with E-state index in [9.17, 15) is 4.79 Å². The maximum Gasteiger partial charge on any atom is 0.323 e. The van der Waals surface area contributed by atoms with Crippen LogP contribution >= 0.6 is 0 Å². The van der Waals surface area contributed by atoms with Crippen LogP contribution in [-0.2, 0) is 6.54 Å². The van der Waals surface area contributed by atoms with Crippen LogP contribution in [0.15, 0.2) is 35.2 Å². The number of pyridine rings is 1. The molecule has 1 atom stereocenters. The molecule has 3 heterocycles. The Morgan fingerprint density at radius 3 is 3.00 bits per heavy atom. The summed E-state index contributed by atoms with van der Waals surface area (Å²) in [7, 11) is 2.13. The van der Waals surface area contributed by atoms with Gasteiger partial charge in [0.05, 0.1) is 5.69 Å². The van der Waals surface area contributed by atoms with Crippen LogP contribution in [0.4, 0.5) is 10.6 Å². The molecule has 7 heteroatoms. The molecule has 7 nitrogen and oxygen atoms in total. The highest BCUT2D eigenvalue weighted by Crippen LogP contribution is 2.19. The van der Waals surface area contributed by atoms with Gasteiger partial charge in [-0.3, -0.25) is 15.2 Å². The molecule has 2 aromatic rings. The fourth-order valence-electron chi connectivity index (χ4n) is 3.19. The number of hydrogen-bond donors (Lipinski definition) is 1. The van der Waals surface area contributed by atoms with E-state index in [1.807, 2.05) is 36.2 Å². The summed E-state index contributed by atoms with van der Waals surface area (Å²) in [5.74, 6) is 0.498. The Morgan fingerprint density at radius 1 is 1.40 bits per heavy atom. The molecule has 1 saturated heterocycles. The van der Waals surface area contributed by atoms with Crippen molar-refractivity contribution in [2.24, 2.45) is 0 Å². The predicted octanol–water partition coefficient (Wildman–Crippen LogP) is 2.90. The van der Waals surface area contributed by atoms with E-state index in [1.165, 1.54) is 6.26 Å². The van der Waals surface area contributed by atoms with Crippen molar-refractivity contribution in [3.05, 3.63) is 41.9 Å². The van der Waals surface area contributed by atoms with Crippen molar-refractivity contribution >= 4 is 11.8 Å². The van der Waals surface area contributed by atoms with Gasteiger partial charge in [0.1, 0.15) is 6.26 Å². The standard InChI is InChI=1S/C18H25N5O2/c1-14-13-25-21-17(14)20-18(24)23-10-5-7-16(8-11-23)22(2)12-15-6-3-4-9-19-15/h3-4,6,9,13,16H,5,7-8,10-12H2,1-2H3,(H,20,21,24)/t16-/m0/s1. The molecule has 1 aliphatic rings. The SMILES string of the molecule is Cc1conc1NC(=O)N1CCC[C@H](N(C)Cc2ccccn2)CC1. The smallest absolute Gasteiger partial charge is 0.323 e. The summed E-state index contributed by atoms with van der Waals surface area (Å²) in [6.45, 7) is 4.18. The number of amides is 2. The number of anilines is 1. The molecule has 0 spiro atoms. The van der Waals surface area contributed by atoms with Crippen molar-refractivity contribution in [3.63, 3.8) is 0 Å². The minimum atomic E-state index is -0.106. The highest BCUT2D eigenvalue weighted by Gasteiger charge is 2.24. The summed E-state index contributed by atoms with van der Waals surface area (Å²) < 4.78 is 4.87. The number of nitrogens with one attached hydrogen (secondary N) is 1. The number of urea groups is 1. The summed E-state index contributed by atoms with van der Waals surface area (Å²) in [5.41, 5.74) is 1.90. The van der Waals surface area contributed by atoms with Gasteiger partial charge in [0.15, 0.2) is 5.82 Å². The Hall–Kier alpha value is -2.41. The topological polar surface area (TPSA) is 74.5 Å². The Balaban J connectivity index is 1.53. The Kier molecular flexibility index (Phi) is 5.65. The first-order valence-electron chi connectivity index (χ1n) is 8.70. The lowest BCUT2D eigenvalue weighted by Gasteiger charge is -2.27. The monoisotopic (exact) mass is 343 g/mol. The quantitative estimate of drug-likeness (QED) is 0.924. The zero-order valence-electron chi connectivity index (χ0n) is 14.8. The number of aryl methyl sites for hydroxylation is 1. The van der Waals surface area contributed by atoms with Gasteiger partial charge in [-0.05, 0) is 45.4 Å². The van der Waals surface area contributed by atoms with Crippen LogP contribution in [-0.4, -0.2) is 52.2 Å². The van der Waals surface area contributed by atoms with Crippen molar-refractivity contribution in [3.8, 4) is 0 Å². The highest BCUT2D eigenvalue weighted by molar-refractivity contribution is 5.88. The molecule has 0 aromatic carbocycles. The number of carbonyl (C=O) groups excluding carboxylic acids is 1. The molecule has 25 heavy (non-hydrogen) atoms. The fraction of sp³-hybridized carbons (Fsp3) is 0.500. The Bertz CT molecular complexity index is 688. The second-order valence-electron chi connectivity index (χ2n) is 6.58. The van der Waals surface area contributed by atoms with Crippen molar-refractivity contribution < 1.29 is 9.32 Å². The zero-order valence-corrected chi connectivity index (χ0v) is 14.8. The lowest BCUT2D eigenvalue weighted by molar-refractivity contribution is 0.200. The molecule has 134 valence electrons. The third-order valence-electron chi connectivity index (χ3n) is 4.72. The minimum absolute atomic E-state index is 0.106. The van der Waals surface area contributed by atoms with Crippen LogP contribution in [0.3, 0.4) is 0 Å². The van der Waals surface area contributed by atoms with E-state index in [1.54, 1.807) is 0 Å². The van der Waals surface area contributed by atoms with E-state index in [0.29, 0.717) is 11.9 Å². The maximum atomic E-state index is 12.4. The van der Waals surface area contributed by atoms with Crippen molar-refractivity contribution in [1.29, 1.82) is 0 Å². The van der Waals surface area contributed by atoms with Crippen molar-refractivity contribution in [1.82, 2.24) is 19.9 Å². The molecular formula is C18H25N5O2. The third-order valence-corrected chi connectivity index (χ3v) is 4.72. The van der Waals surface area contributed by atoms with E-state index in [-0.39, 0.29) is 6.03 Å². The van der Waals surface area contributed by atoms with Gasteiger partial charge in [0.2, 0.25) is 0 Å². The Labute approximate surface area is 148 Å².